The summed E-state index contributed by atoms with van der Waals surface area (Å²) in [7, 11) is 0. The number of fused-ring (bicyclic) bond motifs is 2. The van der Waals surface area contributed by atoms with Gasteiger partial charge in [-0.05, 0) is 19.3 Å². The molecule has 2 aliphatic heterocycles. The van der Waals surface area contributed by atoms with Crippen LogP contribution in [0.15, 0.2) is 0 Å². The van der Waals surface area contributed by atoms with Gasteiger partial charge >= 0.3 is 6.03 Å². The van der Waals surface area contributed by atoms with Crippen LogP contribution < -0.4 is 5.32 Å². The van der Waals surface area contributed by atoms with Crippen LogP contribution in [0.2, 0.25) is 0 Å². The third kappa shape index (κ3) is 2.56. The number of carbonyl (C=O) groups is 1. The Morgan fingerprint density at radius 3 is 2.53 bits per heavy atom. The molecule has 2 heterocycles. The summed E-state index contributed by atoms with van der Waals surface area (Å²) in [5.74, 6) is 1.16. The average molecular weight is 254 g/mol. The standard InChI is InChI=1S/C13H22N2OS/c16-13(14-10-5-3-1-2-4-6-10)15-8-12-7-11(15)9-17-12/h10-12H,1-9H2,(H,14,16)/t11-,12+/m0/s1. The van der Waals surface area contributed by atoms with Crippen LogP contribution in [0.1, 0.15) is 44.9 Å². The second kappa shape index (κ2) is 5.09. The number of amides is 2. The van der Waals surface area contributed by atoms with E-state index in [-0.39, 0.29) is 6.03 Å². The SMILES string of the molecule is O=C(NC1CCCCCC1)N1C[C@H]2C[C@H]1CS2. The molecule has 4 heteroatoms. The predicted octanol–water partition coefficient (Wildman–Crippen LogP) is 2.61. The summed E-state index contributed by atoms with van der Waals surface area (Å²) >= 11 is 2.04. The zero-order valence-electron chi connectivity index (χ0n) is 10.4. The lowest BCUT2D eigenvalue weighted by Gasteiger charge is -2.29. The number of carbonyl (C=O) groups excluding carboxylic acids is 1. The first-order valence-corrected chi connectivity index (χ1v) is 8.06. The normalized spacial score (nSPS) is 33.8. The van der Waals surface area contributed by atoms with E-state index in [4.69, 9.17) is 0 Å². The first kappa shape index (κ1) is 11.7. The van der Waals surface area contributed by atoms with Crippen molar-refractivity contribution in [2.45, 2.75) is 62.3 Å². The zero-order chi connectivity index (χ0) is 11.7. The highest BCUT2D eigenvalue weighted by Gasteiger charge is 2.41. The number of nitrogens with one attached hydrogen (secondary N) is 1. The van der Waals surface area contributed by atoms with Gasteiger partial charge in [-0.2, -0.15) is 11.8 Å². The van der Waals surface area contributed by atoms with E-state index in [2.05, 4.69) is 10.2 Å². The fourth-order valence-corrected chi connectivity index (χ4v) is 4.76. The molecule has 2 saturated heterocycles. The van der Waals surface area contributed by atoms with Gasteiger partial charge in [-0.1, -0.05) is 25.7 Å². The fourth-order valence-electron chi connectivity index (χ4n) is 3.33. The number of thioether (sulfide) groups is 1. The van der Waals surface area contributed by atoms with Crippen LogP contribution >= 0.6 is 11.8 Å². The smallest absolute Gasteiger partial charge is 0.317 e. The molecule has 0 aromatic heterocycles. The molecule has 96 valence electrons. The van der Waals surface area contributed by atoms with E-state index in [9.17, 15) is 4.79 Å². The van der Waals surface area contributed by atoms with E-state index in [0.29, 0.717) is 12.1 Å². The van der Waals surface area contributed by atoms with Crippen molar-refractivity contribution in [3.05, 3.63) is 0 Å². The van der Waals surface area contributed by atoms with Gasteiger partial charge < -0.3 is 10.2 Å². The van der Waals surface area contributed by atoms with Crippen molar-refractivity contribution in [3.8, 4) is 0 Å². The Kier molecular flexibility index (Phi) is 3.50. The highest BCUT2D eigenvalue weighted by molar-refractivity contribution is 8.00. The van der Waals surface area contributed by atoms with Crippen molar-refractivity contribution in [3.63, 3.8) is 0 Å². The Hall–Kier alpha value is -0.380. The van der Waals surface area contributed by atoms with Gasteiger partial charge in [0.15, 0.2) is 0 Å². The highest BCUT2D eigenvalue weighted by Crippen LogP contribution is 2.37. The van der Waals surface area contributed by atoms with Crippen LogP contribution in [0.4, 0.5) is 4.79 Å². The predicted molar refractivity (Wildman–Crippen MR) is 71.4 cm³/mol. The summed E-state index contributed by atoms with van der Waals surface area (Å²) in [4.78, 5) is 14.3. The van der Waals surface area contributed by atoms with Crippen molar-refractivity contribution in [1.82, 2.24) is 10.2 Å². The molecule has 2 atom stereocenters. The molecule has 3 aliphatic rings. The Balaban J connectivity index is 1.52. The maximum Gasteiger partial charge on any atom is 0.317 e. The third-order valence-corrected chi connectivity index (χ3v) is 5.73. The van der Waals surface area contributed by atoms with Gasteiger partial charge in [0, 0.05) is 29.6 Å². The fraction of sp³-hybridized carbons (Fsp3) is 0.923. The number of urea groups is 1. The lowest BCUT2D eigenvalue weighted by atomic mass is 10.1. The zero-order valence-corrected chi connectivity index (χ0v) is 11.2. The molecule has 0 unspecified atom stereocenters. The van der Waals surface area contributed by atoms with Gasteiger partial charge in [0.25, 0.3) is 0 Å². The average Bonchev–Trinajstić information content (AvgIpc) is 2.87. The Morgan fingerprint density at radius 2 is 1.94 bits per heavy atom. The van der Waals surface area contributed by atoms with Gasteiger partial charge in [0.1, 0.15) is 0 Å². The molecule has 3 nitrogen and oxygen atoms in total. The van der Waals surface area contributed by atoms with Crippen LogP contribution in [0, 0.1) is 0 Å². The second-order valence-corrected chi connectivity index (χ2v) is 6.97. The third-order valence-electron chi connectivity index (χ3n) is 4.34. The van der Waals surface area contributed by atoms with E-state index in [0.717, 1.165) is 17.5 Å². The maximum absolute atomic E-state index is 12.2. The van der Waals surface area contributed by atoms with Gasteiger partial charge in [-0.3, -0.25) is 0 Å². The number of hydrogen-bond donors (Lipinski definition) is 1. The minimum Gasteiger partial charge on any atom is -0.335 e. The van der Waals surface area contributed by atoms with Crippen molar-refractivity contribution >= 4 is 17.8 Å². The Bertz CT molecular complexity index is 289. The molecule has 17 heavy (non-hydrogen) atoms. The molecule has 3 rings (SSSR count). The maximum atomic E-state index is 12.2. The van der Waals surface area contributed by atoms with Crippen molar-refractivity contribution in [2.24, 2.45) is 0 Å². The van der Waals surface area contributed by atoms with E-state index < -0.39 is 0 Å². The Morgan fingerprint density at radius 1 is 1.18 bits per heavy atom. The van der Waals surface area contributed by atoms with Crippen LogP contribution in [-0.4, -0.2) is 40.6 Å². The van der Waals surface area contributed by atoms with Crippen LogP contribution in [0.25, 0.3) is 0 Å². The van der Waals surface area contributed by atoms with Crippen LogP contribution in [-0.2, 0) is 0 Å². The van der Waals surface area contributed by atoms with E-state index in [1.807, 2.05) is 11.8 Å². The number of hydrogen-bond acceptors (Lipinski definition) is 2. The first-order chi connectivity index (χ1) is 8.33. The summed E-state index contributed by atoms with van der Waals surface area (Å²) < 4.78 is 0. The lowest BCUT2D eigenvalue weighted by molar-refractivity contribution is 0.190. The molecule has 1 aliphatic carbocycles. The van der Waals surface area contributed by atoms with Crippen LogP contribution in [0.5, 0.6) is 0 Å². The van der Waals surface area contributed by atoms with Crippen molar-refractivity contribution in [1.29, 1.82) is 0 Å². The molecule has 1 N–H and O–H groups in total. The second-order valence-electron chi connectivity index (χ2n) is 5.64. The molecule has 0 aromatic carbocycles. The Labute approximate surface area is 108 Å². The molecule has 2 bridgehead atoms. The van der Waals surface area contributed by atoms with Crippen molar-refractivity contribution in [2.75, 3.05) is 12.3 Å². The molecular weight excluding hydrogens is 232 g/mol. The van der Waals surface area contributed by atoms with Gasteiger partial charge in [-0.15, -0.1) is 0 Å². The summed E-state index contributed by atoms with van der Waals surface area (Å²) in [6.45, 7) is 0.980. The molecular formula is C13H22N2OS. The molecule has 2 amide bonds. The van der Waals surface area contributed by atoms with Gasteiger partial charge in [0.2, 0.25) is 0 Å². The number of rotatable bonds is 1. The topological polar surface area (TPSA) is 32.3 Å². The van der Waals surface area contributed by atoms with Crippen LogP contribution in [0.3, 0.4) is 0 Å². The number of nitrogens with zero attached hydrogens (tertiary/aromatic N) is 1. The van der Waals surface area contributed by atoms with E-state index >= 15 is 0 Å². The largest absolute Gasteiger partial charge is 0.335 e. The molecule has 0 spiro atoms. The quantitative estimate of drug-likeness (QED) is 0.730. The highest BCUT2D eigenvalue weighted by atomic mass is 32.2. The first-order valence-electron chi connectivity index (χ1n) is 7.01. The summed E-state index contributed by atoms with van der Waals surface area (Å²) in [5.41, 5.74) is 0. The van der Waals surface area contributed by atoms with Gasteiger partial charge in [0.05, 0.1) is 0 Å². The summed E-state index contributed by atoms with van der Waals surface area (Å²) in [6, 6.07) is 1.18. The van der Waals surface area contributed by atoms with Crippen molar-refractivity contribution < 1.29 is 4.79 Å². The monoisotopic (exact) mass is 254 g/mol. The minimum absolute atomic E-state index is 0.213. The summed E-state index contributed by atoms with van der Waals surface area (Å²) in [5, 5.41) is 3.99. The van der Waals surface area contributed by atoms with Gasteiger partial charge in [-0.25, -0.2) is 4.79 Å². The summed E-state index contributed by atoms with van der Waals surface area (Å²) in [6.07, 6.45) is 8.85. The minimum atomic E-state index is 0.213. The van der Waals surface area contributed by atoms with E-state index in [1.54, 1.807) is 0 Å². The molecule has 0 aromatic rings. The number of likely N-dealkylation sites (tertiary alicyclic amines) is 1. The van der Waals surface area contributed by atoms with E-state index in [1.165, 1.54) is 44.9 Å². The lowest BCUT2D eigenvalue weighted by Crippen LogP contribution is -2.48. The molecule has 0 radical (unpaired) electrons. The molecule has 3 fully saturated rings. The molecule has 1 saturated carbocycles.